The summed E-state index contributed by atoms with van der Waals surface area (Å²) in [6.45, 7) is 3.66. The third-order valence-electron chi connectivity index (χ3n) is 4.73. The van der Waals surface area contributed by atoms with Crippen molar-refractivity contribution in [3.05, 3.63) is 82.9 Å². The van der Waals surface area contributed by atoms with E-state index in [2.05, 4.69) is 15.4 Å². The maximum atomic E-state index is 13.7. The Hall–Kier alpha value is -3.75. The number of aryl methyl sites for hydroxylation is 2. The molecule has 0 spiro atoms. The number of halogens is 4. The number of alkyl halides is 3. The highest BCUT2D eigenvalue weighted by Crippen LogP contribution is 2.32. The number of fused-ring (bicyclic) bond motifs is 1. The first kappa shape index (κ1) is 20.5. The van der Waals surface area contributed by atoms with Crippen LogP contribution in [0.5, 0.6) is 0 Å². The number of nitrogens with one attached hydrogen (secondary N) is 1. The fraction of sp³-hybridized carbons (Fsp3) is 0.136. The molecule has 2 aromatic heterocycles. The molecule has 0 saturated heterocycles. The summed E-state index contributed by atoms with van der Waals surface area (Å²) in [5.41, 5.74) is 1.09. The van der Waals surface area contributed by atoms with Crippen molar-refractivity contribution in [1.29, 1.82) is 0 Å². The summed E-state index contributed by atoms with van der Waals surface area (Å²) in [7, 11) is 0. The predicted octanol–water partition coefficient (Wildman–Crippen LogP) is 5.42. The molecule has 0 unspecified atom stereocenters. The molecule has 0 bridgehead atoms. The number of amides is 1. The number of nitrogens with zero attached hydrogens (tertiary/aromatic N) is 3. The molecule has 0 atom stereocenters. The van der Waals surface area contributed by atoms with Gasteiger partial charge in [0.15, 0.2) is 17.0 Å². The van der Waals surface area contributed by atoms with Gasteiger partial charge in [-0.1, -0.05) is 12.1 Å². The summed E-state index contributed by atoms with van der Waals surface area (Å²) in [5, 5.41) is 6.51. The maximum absolute atomic E-state index is 13.7. The van der Waals surface area contributed by atoms with Gasteiger partial charge in [-0.3, -0.25) is 4.79 Å². The van der Waals surface area contributed by atoms with Crippen LogP contribution in [0.1, 0.15) is 27.3 Å². The molecule has 0 saturated carbocycles. The number of rotatable bonds is 3. The standard InChI is InChI=1S/C22H16F4N4O/c1-12-3-4-13(2)16(9-12)28-21(31)18-11-20-27-17(14-5-7-15(23)8-6-14)10-19(22(24,25)26)30(20)29-18/h3-11H,1-2H3,(H,28,31). The Bertz CT molecular complexity index is 1290. The lowest BCUT2D eigenvalue weighted by Gasteiger charge is -2.11. The average Bonchev–Trinajstić information content (AvgIpc) is 3.14. The SMILES string of the molecule is Cc1ccc(C)c(NC(=O)c2cc3nc(-c4ccc(F)cc4)cc(C(F)(F)F)n3n2)c1. The summed E-state index contributed by atoms with van der Waals surface area (Å²) in [5.74, 6) is -1.17. The van der Waals surface area contributed by atoms with Crippen molar-refractivity contribution in [3.63, 3.8) is 0 Å². The van der Waals surface area contributed by atoms with Gasteiger partial charge < -0.3 is 5.32 Å². The van der Waals surface area contributed by atoms with E-state index in [1.807, 2.05) is 19.1 Å². The molecule has 0 aliphatic carbocycles. The third-order valence-corrected chi connectivity index (χ3v) is 4.73. The molecule has 1 N–H and O–H groups in total. The molecular weight excluding hydrogens is 412 g/mol. The first-order chi connectivity index (χ1) is 14.6. The molecule has 0 fully saturated rings. The van der Waals surface area contributed by atoms with Crippen LogP contribution in [-0.4, -0.2) is 20.5 Å². The molecule has 2 heterocycles. The predicted molar refractivity (Wildman–Crippen MR) is 107 cm³/mol. The van der Waals surface area contributed by atoms with Crippen molar-refractivity contribution in [1.82, 2.24) is 14.6 Å². The summed E-state index contributed by atoms with van der Waals surface area (Å²) < 4.78 is 54.8. The van der Waals surface area contributed by atoms with Crippen molar-refractivity contribution in [2.24, 2.45) is 0 Å². The number of benzene rings is 2. The smallest absolute Gasteiger partial charge is 0.320 e. The van der Waals surface area contributed by atoms with Crippen LogP contribution in [0.25, 0.3) is 16.9 Å². The van der Waals surface area contributed by atoms with Crippen LogP contribution in [-0.2, 0) is 6.18 Å². The lowest BCUT2D eigenvalue weighted by Crippen LogP contribution is -2.16. The quantitative estimate of drug-likeness (QED) is 0.443. The van der Waals surface area contributed by atoms with Gasteiger partial charge >= 0.3 is 6.18 Å². The molecule has 31 heavy (non-hydrogen) atoms. The Morgan fingerprint density at radius 1 is 1.00 bits per heavy atom. The van der Waals surface area contributed by atoms with Crippen LogP contribution in [0.3, 0.4) is 0 Å². The lowest BCUT2D eigenvalue weighted by molar-refractivity contribution is -0.142. The topological polar surface area (TPSA) is 59.3 Å². The number of aromatic nitrogens is 3. The minimum absolute atomic E-state index is 0.0128. The van der Waals surface area contributed by atoms with E-state index in [4.69, 9.17) is 0 Å². The van der Waals surface area contributed by atoms with Crippen LogP contribution < -0.4 is 5.32 Å². The van der Waals surface area contributed by atoms with Gasteiger partial charge in [-0.15, -0.1) is 0 Å². The molecule has 158 valence electrons. The first-order valence-corrected chi connectivity index (χ1v) is 9.24. The Labute approximate surface area is 174 Å². The highest BCUT2D eigenvalue weighted by molar-refractivity contribution is 6.04. The molecule has 0 radical (unpaired) electrons. The second-order valence-electron chi connectivity index (χ2n) is 7.10. The zero-order valence-corrected chi connectivity index (χ0v) is 16.5. The van der Waals surface area contributed by atoms with Gasteiger partial charge in [-0.2, -0.15) is 18.3 Å². The Morgan fingerprint density at radius 3 is 2.39 bits per heavy atom. The average molecular weight is 428 g/mol. The second-order valence-corrected chi connectivity index (χ2v) is 7.10. The molecule has 2 aromatic carbocycles. The van der Waals surface area contributed by atoms with E-state index in [9.17, 15) is 22.4 Å². The molecule has 9 heteroatoms. The van der Waals surface area contributed by atoms with Gasteiger partial charge in [0.2, 0.25) is 0 Å². The van der Waals surface area contributed by atoms with Gasteiger partial charge in [0.05, 0.1) is 5.69 Å². The molecule has 0 aliphatic heterocycles. The van der Waals surface area contributed by atoms with E-state index in [1.165, 1.54) is 18.2 Å². The second kappa shape index (κ2) is 7.50. The van der Waals surface area contributed by atoms with Gasteiger partial charge in [0, 0.05) is 17.3 Å². The van der Waals surface area contributed by atoms with E-state index in [1.54, 1.807) is 13.0 Å². The third kappa shape index (κ3) is 4.11. The van der Waals surface area contributed by atoms with Crippen LogP contribution >= 0.6 is 0 Å². The van der Waals surface area contributed by atoms with Crippen LogP contribution in [0, 0.1) is 19.7 Å². The van der Waals surface area contributed by atoms with Gasteiger partial charge in [-0.25, -0.2) is 13.9 Å². The van der Waals surface area contributed by atoms with Crippen LogP contribution in [0.4, 0.5) is 23.2 Å². The Balaban J connectivity index is 1.79. The van der Waals surface area contributed by atoms with Crippen molar-refractivity contribution < 1.29 is 22.4 Å². The van der Waals surface area contributed by atoms with Crippen molar-refractivity contribution >= 4 is 17.2 Å². The number of carbonyl (C=O) groups is 1. The summed E-state index contributed by atoms with van der Waals surface area (Å²) in [6.07, 6.45) is -4.75. The van der Waals surface area contributed by atoms with Crippen molar-refractivity contribution in [2.75, 3.05) is 5.32 Å². The van der Waals surface area contributed by atoms with Crippen molar-refractivity contribution in [2.45, 2.75) is 20.0 Å². The normalized spacial score (nSPS) is 11.7. The number of hydrogen-bond acceptors (Lipinski definition) is 3. The van der Waals surface area contributed by atoms with Gasteiger partial charge in [0.25, 0.3) is 5.91 Å². The zero-order valence-electron chi connectivity index (χ0n) is 16.5. The number of hydrogen-bond donors (Lipinski definition) is 1. The van der Waals surface area contributed by atoms with E-state index >= 15 is 0 Å². The number of anilines is 1. The highest BCUT2D eigenvalue weighted by atomic mass is 19.4. The summed E-state index contributed by atoms with van der Waals surface area (Å²) in [4.78, 5) is 16.9. The number of carbonyl (C=O) groups excluding carboxylic acids is 1. The van der Waals surface area contributed by atoms with E-state index in [-0.39, 0.29) is 17.0 Å². The Morgan fingerprint density at radius 2 is 1.71 bits per heavy atom. The van der Waals surface area contributed by atoms with E-state index in [0.717, 1.165) is 29.3 Å². The Kier molecular flexibility index (Phi) is 4.96. The molecule has 4 aromatic rings. The van der Waals surface area contributed by atoms with Crippen molar-refractivity contribution in [3.8, 4) is 11.3 Å². The van der Waals surface area contributed by atoms with Gasteiger partial charge in [-0.05, 0) is 61.4 Å². The molecular formula is C22H16F4N4O. The molecule has 5 nitrogen and oxygen atoms in total. The minimum atomic E-state index is -4.75. The highest BCUT2D eigenvalue weighted by Gasteiger charge is 2.35. The first-order valence-electron chi connectivity index (χ1n) is 9.24. The van der Waals surface area contributed by atoms with Crippen LogP contribution in [0.15, 0.2) is 54.6 Å². The van der Waals surface area contributed by atoms with Gasteiger partial charge in [0.1, 0.15) is 5.82 Å². The largest absolute Gasteiger partial charge is 0.433 e. The molecule has 4 rings (SSSR count). The minimum Gasteiger partial charge on any atom is -0.320 e. The maximum Gasteiger partial charge on any atom is 0.433 e. The van der Waals surface area contributed by atoms with E-state index < -0.39 is 23.6 Å². The molecule has 0 aliphatic rings. The fourth-order valence-corrected chi connectivity index (χ4v) is 3.11. The monoisotopic (exact) mass is 428 g/mol. The fourth-order valence-electron chi connectivity index (χ4n) is 3.11. The summed E-state index contributed by atoms with van der Waals surface area (Å²) in [6, 6.07) is 12.4. The lowest BCUT2D eigenvalue weighted by atomic mass is 10.1. The van der Waals surface area contributed by atoms with E-state index in [0.29, 0.717) is 15.8 Å². The zero-order chi connectivity index (χ0) is 22.3. The summed E-state index contributed by atoms with van der Waals surface area (Å²) >= 11 is 0. The van der Waals surface area contributed by atoms with Crippen LogP contribution in [0.2, 0.25) is 0 Å². The molecule has 1 amide bonds.